The van der Waals surface area contributed by atoms with E-state index in [1.165, 1.54) is 6.07 Å². The van der Waals surface area contributed by atoms with Crippen LogP contribution in [0.1, 0.15) is 22.1 Å². The van der Waals surface area contributed by atoms with Gasteiger partial charge in [0, 0.05) is 8.59 Å². The Bertz CT molecular complexity index is 584. The Morgan fingerprint density at radius 3 is 2.61 bits per heavy atom. The van der Waals surface area contributed by atoms with Crippen molar-refractivity contribution in [3.8, 4) is 0 Å². The maximum atomic E-state index is 13.4. The SMILES string of the molecule is Cc1cc(C(Cl)c2cccc(I)c2)c(Cl)cc1F. The molecule has 1 atom stereocenters. The van der Waals surface area contributed by atoms with Crippen molar-refractivity contribution in [2.75, 3.05) is 0 Å². The molecule has 0 N–H and O–H groups in total. The van der Waals surface area contributed by atoms with Crippen LogP contribution in [0.2, 0.25) is 5.02 Å². The first-order valence-corrected chi connectivity index (χ1v) is 7.23. The Morgan fingerprint density at radius 2 is 1.94 bits per heavy atom. The van der Waals surface area contributed by atoms with Crippen LogP contribution in [0.5, 0.6) is 0 Å². The van der Waals surface area contributed by atoms with Gasteiger partial charge in [-0.3, -0.25) is 0 Å². The standard InChI is InChI=1S/C14H10Cl2FI/c1-8-5-11(12(15)7-13(8)17)14(16)9-3-2-4-10(18)6-9/h2-7,14H,1H3. The predicted molar refractivity (Wildman–Crippen MR) is 83.0 cm³/mol. The summed E-state index contributed by atoms with van der Waals surface area (Å²) >= 11 is 14.7. The zero-order valence-electron chi connectivity index (χ0n) is 9.55. The summed E-state index contributed by atoms with van der Waals surface area (Å²) in [6.07, 6.45) is 0. The van der Waals surface area contributed by atoms with Crippen molar-refractivity contribution in [2.45, 2.75) is 12.3 Å². The fourth-order valence-corrected chi connectivity index (χ4v) is 2.92. The topological polar surface area (TPSA) is 0 Å². The molecule has 0 aliphatic heterocycles. The highest BCUT2D eigenvalue weighted by atomic mass is 127. The van der Waals surface area contributed by atoms with Gasteiger partial charge in [0.2, 0.25) is 0 Å². The molecule has 0 radical (unpaired) electrons. The summed E-state index contributed by atoms with van der Waals surface area (Å²) in [5.41, 5.74) is 2.24. The molecule has 18 heavy (non-hydrogen) atoms. The van der Waals surface area contributed by atoms with E-state index in [9.17, 15) is 4.39 Å². The monoisotopic (exact) mass is 394 g/mol. The second kappa shape index (κ2) is 5.76. The molecule has 0 spiro atoms. The Labute approximate surface area is 129 Å². The van der Waals surface area contributed by atoms with E-state index < -0.39 is 0 Å². The largest absolute Gasteiger partial charge is 0.207 e. The van der Waals surface area contributed by atoms with Crippen molar-refractivity contribution < 1.29 is 4.39 Å². The van der Waals surface area contributed by atoms with Gasteiger partial charge in [-0.05, 0) is 70.5 Å². The quantitative estimate of drug-likeness (QED) is 0.451. The van der Waals surface area contributed by atoms with Gasteiger partial charge in [0.15, 0.2) is 0 Å². The third kappa shape index (κ3) is 2.98. The van der Waals surface area contributed by atoms with E-state index in [1.807, 2.05) is 24.3 Å². The van der Waals surface area contributed by atoms with Gasteiger partial charge < -0.3 is 0 Å². The molecule has 0 bridgehead atoms. The Hall–Kier alpha value is -0.320. The lowest BCUT2D eigenvalue weighted by Crippen LogP contribution is -1.97. The van der Waals surface area contributed by atoms with E-state index in [0.717, 1.165) is 14.7 Å². The molecular formula is C14H10Cl2FI. The van der Waals surface area contributed by atoms with Crippen molar-refractivity contribution in [3.63, 3.8) is 0 Å². The first-order valence-electron chi connectivity index (χ1n) is 5.34. The van der Waals surface area contributed by atoms with Crippen molar-refractivity contribution in [1.29, 1.82) is 0 Å². The zero-order valence-corrected chi connectivity index (χ0v) is 13.2. The summed E-state index contributed by atoms with van der Waals surface area (Å²) in [4.78, 5) is 0. The molecule has 0 nitrogen and oxygen atoms in total. The average Bonchev–Trinajstić information content (AvgIpc) is 2.33. The molecule has 2 aromatic rings. The van der Waals surface area contributed by atoms with E-state index in [1.54, 1.807) is 13.0 Å². The summed E-state index contributed by atoms with van der Waals surface area (Å²) in [7, 11) is 0. The Balaban J connectivity index is 2.46. The highest BCUT2D eigenvalue weighted by Gasteiger charge is 2.16. The smallest absolute Gasteiger partial charge is 0.127 e. The van der Waals surface area contributed by atoms with Crippen LogP contribution < -0.4 is 0 Å². The molecule has 4 heteroatoms. The summed E-state index contributed by atoms with van der Waals surface area (Å²) in [6.45, 7) is 1.70. The molecule has 0 amide bonds. The lowest BCUT2D eigenvalue weighted by atomic mass is 10.0. The molecule has 0 fully saturated rings. The summed E-state index contributed by atoms with van der Waals surface area (Å²) in [6, 6.07) is 10.9. The first kappa shape index (κ1) is 14.1. The lowest BCUT2D eigenvalue weighted by Gasteiger charge is -2.14. The van der Waals surface area contributed by atoms with Gasteiger partial charge in [-0.15, -0.1) is 11.6 Å². The van der Waals surface area contributed by atoms with E-state index in [2.05, 4.69) is 22.6 Å². The molecule has 0 saturated carbocycles. The highest BCUT2D eigenvalue weighted by molar-refractivity contribution is 14.1. The number of rotatable bonds is 2. The number of aryl methyl sites for hydroxylation is 1. The van der Waals surface area contributed by atoms with Crippen LogP contribution in [-0.4, -0.2) is 0 Å². The van der Waals surface area contributed by atoms with Gasteiger partial charge in [0.25, 0.3) is 0 Å². The molecular weight excluding hydrogens is 385 g/mol. The fraction of sp³-hybridized carbons (Fsp3) is 0.143. The van der Waals surface area contributed by atoms with Crippen LogP contribution in [-0.2, 0) is 0 Å². The molecule has 94 valence electrons. The number of hydrogen-bond acceptors (Lipinski definition) is 0. The van der Waals surface area contributed by atoms with E-state index in [0.29, 0.717) is 10.6 Å². The molecule has 0 aromatic heterocycles. The molecule has 2 rings (SSSR count). The minimum atomic E-state index is -0.369. The van der Waals surface area contributed by atoms with Gasteiger partial charge in [-0.25, -0.2) is 4.39 Å². The Kier molecular flexibility index (Phi) is 4.51. The molecule has 0 heterocycles. The van der Waals surface area contributed by atoms with Gasteiger partial charge in [-0.2, -0.15) is 0 Å². The normalized spacial score (nSPS) is 12.5. The summed E-state index contributed by atoms with van der Waals surface area (Å²) in [5, 5.41) is -0.0107. The Morgan fingerprint density at radius 1 is 1.22 bits per heavy atom. The van der Waals surface area contributed by atoms with Crippen LogP contribution in [0.4, 0.5) is 4.39 Å². The van der Waals surface area contributed by atoms with Crippen molar-refractivity contribution in [2.24, 2.45) is 0 Å². The second-order valence-electron chi connectivity index (χ2n) is 4.04. The third-order valence-corrected chi connectivity index (χ3v) is 4.18. The minimum absolute atomic E-state index is 0.310. The van der Waals surface area contributed by atoms with Crippen LogP contribution >= 0.6 is 45.8 Å². The van der Waals surface area contributed by atoms with Crippen molar-refractivity contribution >= 4 is 45.8 Å². The van der Waals surface area contributed by atoms with Gasteiger partial charge in [0.1, 0.15) is 5.82 Å². The fourth-order valence-electron chi connectivity index (χ4n) is 1.72. The second-order valence-corrected chi connectivity index (χ2v) is 6.13. The van der Waals surface area contributed by atoms with E-state index in [4.69, 9.17) is 23.2 Å². The molecule has 1 unspecified atom stereocenters. The average molecular weight is 395 g/mol. The van der Waals surface area contributed by atoms with Crippen LogP contribution in [0.3, 0.4) is 0 Å². The molecule has 0 aliphatic carbocycles. The maximum Gasteiger partial charge on any atom is 0.127 e. The van der Waals surface area contributed by atoms with Crippen LogP contribution in [0.25, 0.3) is 0 Å². The van der Waals surface area contributed by atoms with Crippen LogP contribution in [0.15, 0.2) is 36.4 Å². The molecule has 0 saturated heterocycles. The number of alkyl halides is 1. The maximum absolute atomic E-state index is 13.4. The lowest BCUT2D eigenvalue weighted by molar-refractivity contribution is 0.618. The van der Waals surface area contributed by atoms with E-state index in [-0.39, 0.29) is 11.2 Å². The number of benzene rings is 2. The third-order valence-electron chi connectivity index (χ3n) is 2.69. The zero-order chi connectivity index (χ0) is 13.3. The summed E-state index contributed by atoms with van der Waals surface area (Å²) in [5.74, 6) is -0.310. The van der Waals surface area contributed by atoms with Gasteiger partial charge >= 0.3 is 0 Å². The molecule has 2 aromatic carbocycles. The van der Waals surface area contributed by atoms with E-state index >= 15 is 0 Å². The van der Waals surface area contributed by atoms with Crippen molar-refractivity contribution in [3.05, 3.63) is 67.5 Å². The number of halogens is 4. The van der Waals surface area contributed by atoms with Crippen molar-refractivity contribution in [1.82, 2.24) is 0 Å². The van der Waals surface area contributed by atoms with Crippen LogP contribution in [0, 0.1) is 16.3 Å². The first-order chi connectivity index (χ1) is 8.49. The van der Waals surface area contributed by atoms with Gasteiger partial charge in [-0.1, -0.05) is 23.7 Å². The highest BCUT2D eigenvalue weighted by Crippen LogP contribution is 2.35. The molecule has 0 aliphatic rings. The summed E-state index contributed by atoms with van der Waals surface area (Å²) < 4.78 is 14.5. The van der Waals surface area contributed by atoms with Gasteiger partial charge in [0.05, 0.1) is 5.38 Å². The predicted octanol–water partition coefficient (Wildman–Crippen LogP) is 5.72. The minimum Gasteiger partial charge on any atom is -0.207 e. The number of hydrogen-bond donors (Lipinski definition) is 0.